The normalized spacial score (nSPS) is 17.4. The van der Waals surface area contributed by atoms with Crippen LogP contribution in [0.1, 0.15) is 41.3 Å². The van der Waals surface area contributed by atoms with Crippen molar-refractivity contribution in [2.24, 2.45) is 0 Å². The van der Waals surface area contributed by atoms with Gasteiger partial charge in [-0.25, -0.2) is 4.98 Å². The molecule has 2 atom stereocenters. The van der Waals surface area contributed by atoms with Crippen molar-refractivity contribution in [2.75, 3.05) is 29.9 Å². The lowest BCUT2D eigenvalue weighted by Gasteiger charge is -2.36. The minimum absolute atomic E-state index is 0.0782. The van der Waals surface area contributed by atoms with Crippen LogP contribution in [0, 0.1) is 5.95 Å². The minimum atomic E-state index is -0.486. The van der Waals surface area contributed by atoms with E-state index in [1.165, 1.54) is 12.3 Å². The highest BCUT2D eigenvalue weighted by molar-refractivity contribution is 5.59. The summed E-state index contributed by atoms with van der Waals surface area (Å²) in [5.74, 6) is 1.17. The van der Waals surface area contributed by atoms with Gasteiger partial charge >= 0.3 is 0 Å². The molecule has 2 aliphatic rings. The van der Waals surface area contributed by atoms with Crippen molar-refractivity contribution in [3.63, 3.8) is 0 Å². The fraction of sp³-hybridized carbons (Fsp3) is 0.241. The molecule has 8 heteroatoms. The number of aromatic amines is 1. The van der Waals surface area contributed by atoms with Gasteiger partial charge in [-0.1, -0.05) is 18.2 Å². The lowest BCUT2D eigenvalue weighted by atomic mass is 9.95. The van der Waals surface area contributed by atoms with Gasteiger partial charge in [0.05, 0.1) is 6.61 Å². The molecule has 0 saturated carbocycles. The molecule has 0 spiro atoms. The predicted molar refractivity (Wildman–Crippen MR) is 140 cm³/mol. The molecular formula is C29H27FN4O3. The molecule has 2 aromatic carbocycles. The number of hydrogen-bond donors (Lipinski definition) is 2. The molecule has 7 nitrogen and oxygen atoms in total. The summed E-state index contributed by atoms with van der Waals surface area (Å²) in [6.07, 6.45) is 3.71. The number of H-pyrrole nitrogens is 1. The van der Waals surface area contributed by atoms with Gasteiger partial charge in [0.25, 0.3) is 0 Å². The van der Waals surface area contributed by atoms with E-state index in [4.69, 9.17) is 9.47 Å². The molecule has 1 fully saturated rings. The molecular weight excluding hydrogens is 471 g/mol. The maximum atomic E-state index is 13.5. The van der Waals surface area contributed by atoms with Crippen molar-refractivity contribution in [2.45, 2.75) is 25.5 Å². The summed E-state index contributed by atoms with van der Waals surface area (Å²) >= 11 is 0. The average Bonchev–Trinajstić information content (AvgIpc) is 2.91. The van der Waals surface area contributed by atoms with E-state index < -0.39 is 5.95 Å². The maximum absolute atomic E-state index is 13.5. The molecule has 0 aliphatic carbocycles. The summed E-state index contributed by atoms with van der Waals surface area (Å²) < 4.78 is 26.1. The molecule has 4 aromatic rings. The second kappa shape index (κ2) is 9.71. The number of fused-ring (bicyclic) bond motifs is 2. The number of morpholine rings is 1. The second-order valence-corrected chi connectivity index (χ2v) is 9.43. The van der Waals surface area contributed by atoms with Crippen LogP contribution >= 0.6 is 0 Å². The molecule has 2 N–H and O–H groups in total. The SMILES string of the molecule is CC(Nc1ccc2c(c1)Cc1cccc(C3CN(c4cc[nH]c(=O)c4)CCO3)c1O2)c1ccnc(F)c1. The fourth-order valence-corrected chi connectivity index (χ4v) is 5.07. The topological polar surface area (TPSA) is 79.5 Å². The van der Waals surface area contributed by atoms with Crippen LogP contribution in [0.4, 0.5) is 15.8 Å². The van der Waals surface area contributed by atoms with Crippen molar-refractivity contribution < 1.29 is 13.9 Å². The van der Waals surface area contributed by atoms with Gasteiger partial charge < -0.3 is 24.7 Å². The van der Waals surface area contributed by atoms with Gasteiger partial charge in [0.15, 0.2) is 0 Å². The Labute approximate surface area is 213 Å². The molecule has 188 valence electrons. The monoisotopic (exact) mass is 498 g/mol. The quantitative estimate of drug-likeness (QED) is 0.318. The number of para-hydroxylation sites is 1. The van der Waals surface area contributed by atoms with Crippen molar-refractivity contribution in [1.29, 1.82) is 0 Å². The van der Waals surface area contributed by atoms with E-state index in [2.05, 4.69) is 38.4 Å². The van der Waals surface area contributed by atoms with Crippen LogP contribution in [0.15, 0.2) is 77.9 Å². The molecule has 0 bridgehead atoms. The Hall–Kier alpha value is -4.17. The Morgan fingerprint density at radius 1 is 1.14 bits per heavy atom. The standard InChI is InChI=1S/C29H27FN4O3/c1-18(19-7-9-31-27(30)15-19)33-22-5-6-25-21(14-22)13-20-3-2-4-24(29(20)37-25)26-17-34(11-12-36-26)23-8-10-32-28(35)16-23/h2-10,14-16,18,26,33H,11-13,17H2,1H3,(H,32,35). The molecule has 0 amide bonds. The molecule has 4 heterocycles. The van der Waals surface area contributed by atoms with E-state index in [1.54, 1.807) is 12.3 Å². The number of halogens is 1. The van der Waals surface area contributed by atoms with Crippen molar-refractivity contribution >= 4 is 11.4 Å². The Kier molecular flexibility index (Phi) is 6.10. The zero-order valence-corrected chi connectivity index (χ0v) is 20.4. The summed E-state index contributed by atoms with van der Waals surface area (Å²) in [5, 5.41) is 3.45. The second-order valence-electron chi connectivity index (χ2n) is 9.43. The van der Waals surface area contributed by atoms with Crippen molar-refractivity contribution in [1.82, 2.24) is 9.97 Å². The molecule has 2 aliphatic heterocycles. The molecule has 1 saturated heterocycles. The molecule has 6 rings (SSSR count). The van der Waals surface area contributed by atoms with Gasteiger partial charge in [-0.2, -0.15) is 4.39 Å². The van der Waals surface area contributed by atoms with Gasteiger partial charge in [-0.05, 0) is 54.4 Å². The number of anilines is 2. The zero-order valence-electron chi connectivity index (χ0n) is 20.4. The predicted octanol–water partition coefficient (Wildman–Crippen LogP) is 5.36. The van der Waals surface area contributed by atoms with Crippen LogP contribution in [-0.2, 0) is 11.2 Å². The highest BCUT2D eigenvalue weighted by atomic mass is 19.1. The fourth-order valence-electron chi connectivity index (χ4n) is 5.07. The first-order valence-corrected chi connectivity index (χ1v) is 12.4. The summed E-state index contributed by atoms with van der Waals surface area (Å²) in [4.78, 5) is 20.3. The maximum Gasteiger partial charge on any atom is 0.249 e. The first-order valence-electron chi connectivity index (χ1n) is 12.4. The highest BCUT2D eigenvalue weighted by Gasteiger charge is 2.29. The summed E-state index contributed by atoms with van der Waals surface area (Å²) in [5.41, 5.74) is 5.73. The zero-order chi connectivity index (χ0) is 25.4. The largest absolute Gasteiger partial charge is 0.456 e. The summed E-state index contributed by atoms with van der Waals surface area (Å²) in [6.45, 7) is 3.91. The van der Waals surface area contributed by atoms with Crippen molar-refractivity contribution in [3.05, 3.63) is 112 Å². The van der Waals surface area contributed by atoms with Crippen LogP contribution in [-0.4, -0.2) is 29.7 Å². The summed E-state index contributed by atoms with van der Waals surface area (Å²) in [7, 11) is 0. The van der Waals surface area contributed by atoms with E-state index in [0.29, 0.717) is 13.2 Å². The van der Waals surface area contributed by atoms with Crippen LogP contribution in [0.2, 0.25) is 0 Å². The van der Waals surface area contributed by atoms with Gasteiger partial charge in [0.2, 0.25) is 11.5 Å². The molecule has 0 radical (unpaired) electrons. The third-order valence-electron chi connectivity index (χ3n) is 6.95. The number of nitrogens with zero attached hydrogens (tertiary/aromatic N) is 2. The molecule has 37 heavy (non-hydrogen) atoms. The average molecular weight is 499 g/mol. The minimum Gasteiger partial charge on any atom is -0.456 e. The third kappa shape index (κ3) is 4.80. The number of pyridine rings is 2. The van der Waals surface area contributed by atoms with E-state index in [1.807, 2.05) is 37.3 Å². The van der Waals surface area contributed by atoms with Gasteiger partial charge in [0, 0.05) is 66.5 Å². The van der Waals surface area contributed by atoms with E-state index >= 15 is 0 Å². The number of benzene rings is 2. The number of hydrogen-bond acceptors (Lipinski definition) is 6. The van der Waals surface area contributed by atoms with Crippen LogP contribution in [0.3, 0.4) is 0 Å². The molecule has 2 aromatic heterocycles. The lowest BCUT2D eigenvalue weighted by molar-refractivity contribution is 0.0384. The smallest absolute Gasteiger partial charge is 0.249 e. The highest BCUT2D eigenvalue weighted by Crippen LogP contribution is 2.43. The summed E-state index contributed by atoms with van der Waals surface area (Å²) in [6, 6.07) is 18.9. The third-order valence-corrected chi connectivity index (χ3v) is 6.95. The lowest BCUT2D eigenvalue weighted by Crippen LogP contribution is -2.39. The number of aromatic nitrogens is 2. The van der Waals surface area contributed by atoms with Gasteiger partial charge in [-0.15, -0.1) is 0 Å². The Bertz CT molecular complexity index is 1500. The first kappa shape index (κ1) is 23.2. The Morgan fingerprint density at radius 2 is 2.05 bits per heavy atom. The van der Waals surface area contributed by atoms with Crippen LogP contribution in [0.25, 0.3) is 0 Å². The first-order chi connectivity index (χ1) is 18.0. The van der Waals surface area contributed by atoms with Crippen LogP contribution in [0.5, 0.6) is 11.5 Å². The Balaban J connectivity index is 1.22. The van der Waals surface area contributed by atoms with Crippen molar-refractivity contribution in [3.8, 4) is 11.5 Å². The Morgan fingerprint density at radius 3 is 2.92 bits per heavy atom. The van der Waals surface area contributed by atoms with Crippen LogP contribution < -0.4 is 20.5 Å². The van der Waals surface area contributed by atoms with Gasteiger partial charge in [0.1, 0.15) is 17.6 Å². The van der Waals surface area contributed by atoms with E-state index in [-0.39, 0.29) is 17.7 Å². The number of ether oxygens (including phenoxy) is 2. The molecule has 2 unspecified atom stereocenters. The number of nitrogens with one attached hydrogen (secondary N) is 2. The van der Waals surface area contributed by atoms with E-state index in [9.17, 15) is 9.18 Å². The van der Waals surface area contributed by atoms with Gasteiger partial charge in [-0.3, -0.25) is 4.79 Å². The number of rotatable bonds is 5. The van der Waals surface area contributed by atoms with E-state index in [0.717, 1.165) is 58.1 Å².